The summed E-state index contributed by atoms with van der Waals surface area (Å²) in [6.07, 6.45) is 4.94. The van der Waals surface area contributed by atoms with E-state index in [-0.39, 0.29) is 11.9 Å². The predicted octanol–water partition coefficient (Wildman–Crippen LogP) is 2.40. The van der Waals surface area contributed by atoms with Gasteiger partial charge in [-0.05, 0) is 19.3 Å². The van der Waals surface area contributed by atoms with Gasteiger partial charge < -0.3 is 4.74 Å². The van der Waals surface area contributed by atoms with Gasteiger partial charge in [0.05, 0.1) is 13.0 Å². The van der Waals surface area contributed by atoms with Gasteiger partial charge >= 0.3 is 5.97 Å². The van der Waals surface area contributed by atoms with Crippen molar-refractivity contribution in [3.05, 3.63) is 12.2 Å². The number of esters is 1. The van der Waals surface area contributed by atoms with Gasteiger partial charge in [-0.25, -0.2) is 0 Å². The minimum absolute atomic E-state index is 0.117. The van der Waals surface area contributed by atoms with Gasteiger partial charge in [-0.3, -0.25) is 4.79 Å². The summed E-state index contributed by atoms with van der Waals surface area (Å²) >= 11 is 0. The molecule has 2 nitrogen and oxygen atoms in total. The topological polar surface area (TPSA) is 26.3 Å². The van der Waals surface area contributed by atoms with Crippen molar-refractivity contribution in [1.29, 1.82) is 0 Å². The summed E-state index contributed by atoms with van der Waals surface area (Å²) in [6.45, 7) is 6.13. The van der Waals surface area contributed by atoms with Crippen LogP contribution in [0.3, 0.4) is 0 Å². The highest BCUT2D eigenvalue weighted by atomic mass is 16.5. The van der Waals surface area contributed by atoms with E-state index in [2.05, 4.69) is 18.6 Å². The van der Waals surface area contributed by atoms with Crippen molar-refractivity contribution in [3.8, 4) is 0 Å². The van der Waals surface area contributed by atoms with Crippen molar-refractivity contribution in [2.45, 2.75) is 27.2 Å². The molecule has 0 fully saturated rings. The first-order valence-corrected chi connectivity index (χ1v) is 4.32. The number of rotatable bonds is 4. The normalized spacial score (nSPS) is 13.8. The van der Waals surface area contributed by atoms with Gasteiger partial charge in [-0.2, -0.15) is 0 Å². The Bertz CT molecular complexity index is 159. The Kier molecular flexibility index (Phi) is 5.43. The van der Waals surface area contributed by atoms with Gasteiger partial charge in [-0.15, -0.1) is 0 Å². The first-order valence-electron chi connectivity index (χ1n) is 4.32. The fraction of sp³-hybridized carbons (Fsp3) is 0.700. The highest BCUT2D eigenvalue weighted by Crippen LogP contribution is 2.04. The molecule has 0 rings (SSSR count). The van der Waals surface area contributed by atoms with Gasteiger partial charge in [0, 0.05) is 0 Å². The zero-order valence-corrected chi connectivity index (χ0v) is 8.33. The molecule has 0 saturated carbocycles. The van der Waals surface area contributed by atoms with E-state index in [9.17, 15) is 4.79 Å². The van der Waals surface area contributed by atoms with Crippen LogP contribution in [0.4, 0.5) is 0 Å². The molecule has 0 heterocycles. The van der Waals surface area contributed by atoms with Gasteiger partial charge in [0.25, 0.3) is 0 Å². The molecule has 0 aromatic rings. The molecule has 0 spiro atoms. The van der Waals surface area contributed by atoms with Crippen molar-refractivity contribution in [1.82, 2.24) is 0 Å². The van der Waals surface area contributed by atoms with Crippen LogP contribution in [-0.2, 0) is 9.53 Å². The van der Waals surface area contributed by atoms with Gasteiger partial charge in [0.15, 0.2) is 0 Å². The van der Waals surface area contributed by atoms with E-state index >= 15 is 0 Å². The number of allylic oxidation sites excluding steroid dienone is 1. The molecule has 0 aliphatic heterocycles. The fourth-order valence-electron chi connectivity index (χ4n) is 0.819. The summed E-state index contributed by atoms with van der Waals surface area (Å²) in [6, 6.07) is 0. The second kappa shape index (κ2) is 5.81. The van der Waals surface area contributed by atoms with Crippen molar-refractivity contribution >= 4 is 5.97 Å². The first kappa shape index (κ1) is 11.2. The van der Waals surface area contributed by atoms with E-state index < -0.39 is 0 Å². The van der Waals surface area contributed by atoms with Gasteiger partial charge in [0.2, 0.25) is 0 Å². The van der Waals surface area contributed by atoms with Crippen molar-refractivity contribution in [2.75, 3.05) is 7.11 Å². The highest BCUT2D eigenvalue weighted by molar-refractivity contribution is 5.73. The number of carbonyl (C=O) groups excluding carboxylic acids is 1. The molecule has 2 heteroatoms. The molecule has 0 bridgehead atoms. The van der Waals surface area contributed by atoms with E-state index in [4.69, 9.17) is 0 Å². The van der Waals surface area contributed by atoms with Gasteiger partial charge in [0.1, 0.15) is 0 Å². The van der Waals surface area contributed by atoms with Crippen molar-refractivity contribution in [3.63, 3.8) is 0 Å². The lowest BCUT2D eigenvalue weighted by Crippen LogP contribution is -2.09. The summed E-state index contributed by atoms with van der Waals surface area (Å²) in [5, 5.41) is 0. The highest BCUT2D eigenvalue weighted by Gasteiger charge is 2.07. The summed E-state index contributed by atoms with van der Waals surface area (Å²) < 4.78 is 4.58. The zero-order valence-electron chi connectivity index (χ0n) is 8.33. The molecule has 0 aromatic carbocycles. The molecule has 0 aliphatic rings. The van der Waals surface area contributed by atoms with E-state index in [0.717, 1.165) is 6.42 Å². The average molecular weight is 170 g/mol. The molecular formula is C10H18O2. The van der Waals surface area contributed by atoms with Crippen LogP contribution < -0.4 is 0 Å². The quantitative estimate of drug-likeness (QED) is 0.478. The third-order valence-corrected chi connectivity index (χ3v) is 1.61. The number of methoxy groups -OCH3 is 1. The molecule has 1 atom stereocenters. The average Bonchev–Trinajstić information content (AvgIpc) is 2.02. The smallest absolute Gasteiger partial charge is 0.312 e. The summed E-state index contributed by atoms with van der Waals surface area (Å²) in [4.78, 5) is 10.9. The Morgan fingerprint density at radius 1 is 1.42 bits per heavy atom. The Morgan fingerprint density at radius 2 is 2.00 bits per heavy atom. The van der Waals surface area contributed by atoms with Crippen LogP contribution in [0.2, 0.25) is 0 Å². The zero-order chi connectivity index (χ0) is 9.56. The first-order chi connectivity index (χ1) is 5.57. The monoisotopic (exact) mass is 170 g/mol. The van der Waals surface area contributed by atoms with Crippen LogP contribution in [0.15, 0.2) is 12.2 Å². The van der Waals surface area contributed by atoms with E-state index in [0.29, 0.717) is 5.92 Å². The summed E-state index contributed by atoms with van der Waals surface area (Å²) in [5.41, 5.74) is 0. The van der Waals surface area contributed by atoms with E-state index in [1.807, 2.05) is 19.1 Å². The van der Waals surface area contributed by atoms with Crippen LogP contribution in [0.5, 0.6) is 0 Å². The molecule has 0 N–H and O–H groups in total. The van der Waals surface area contributed by atoms with Crippen LogP contribution in [0.1, 0.15) is 27.2 Å². The van der Waals surface area contributed by atoms with Crippen LogP contribution in [-0.4, -0.2) is 13.1 Å². The second-order valence-corrected chi connectivity index (χ2v) is 3.37. The number of hydrogen-bond acceptors (Lipinski definition) is 2. The third-order valence-electron chi connectivity index (χ3n) is 1.61. The number of carbonyl (C=O) groups is 1. The molecule has 0 amide bonds. The standard InChI is InChI=1S/C10H18O2/c1-8(2)6-5-7-9(3)10(11)12-4/h5,7-9H,6H2,1-4H3/b7-5+. The van der Waals surface area contributed by atoms with Crippen LogP contribution >= 0.6 is 0 Å². The summed E-state index contributed by atoms with van der Waals surface area (Å²) in [5.74, 6) is 0.356. The lowest BCUT2D eigenvalue weighted by molar-refractivity contribution is -0.143. The van der Waals surface area contributed by atoms with Gasteiger partial charge in [-0.1, -0.05) is 26.0 Å². The molecule has 0 aromatic heterocycles. The van der Waals surface area contributed by atoms with Crippen molar-refractivity contribution < 1.29 is 9.53 Å². The largest absolute Gasteiger partial charge is 0.469 e. The molecule has 1 unspecified atom stereocenters. The number of hydrogen-bond donors (Lipinski definition) is 0. The molecule has 0 saturated heterocycles. The van der Waals surface area contributed by atoms with E-state index in [1.54, 1.807) is 0 Å². The maximum atomic E-state index is 10.9. The Labute approximate surface area is 74.6 Å². The van der Waals surface area contributed by atoms with E-state index in [1.165, 1.54) is 7.11 Å². The minimum Gasteiger partial charge on any atom is -0.469 e. The predicted molar refractivity (Wildman–Crippen MR) is 49.8 cm³/mol. The SMILES string of the molecule is COC(=O)C(C)/C=C/CC(C)C. The lowest BCUT2D eigenvalue weighted by Gasteiger charge is -2.03. The Morgan fingerprint density at radius 3 is 2.42 bits per heavy atom. The Balaban J connectivity index is 3.75. The molecular weight excluding hydrogens is 152 g/mol. The van der Waals surface area contributed by atoms with Crippen LogP contribution in [0, 0.1) is 11.8 Å². The summed E-state index contributed by atoms with van der Waals surface area (Å²) in [7, 11) is 1.41. The molecule has 12 heavy (non-hydrogen) atoms. The fourth-order valence-corrected chi connectivity index (χ4v) is 0.819. The molecule has 70 valence electrons. The molecule has 0 radical (unpaired) electrons. The molecule has 0 aliphatic carbocycles. The third kappa shape index (κ3) is 4.94. The lowest BCUT2D eigenvalue weighted by atomic mass is 10.1. The Hall–Kier alpha value is -0.790. The maximum Gasteiger partial charge on any atom is 0.312 e. The van der Waals surface area contributed by atoms with Crippen molar-refractivity contribution in [2.24, 2.45) is 11.8 Å². The maximum absolute atomic E-state index is 10.9. The van der Waals surface area contributed by atoms with Crippen LogP contribution in [0.25, 0.3) is 0 Å². The second-order valence-electron chi connectivity index (χ2n) is 3.37. The number of ether oxygens (including phenoxy) is 1. The minimum atomic E-state index is -0.171.